The minimum atomic E-state index is 0.206. The number of hydrogen-bond donors (Lipinski definition) is 0. The van der Waals surface area contributed by atoms with E-state index in [-0.39, 0.29) is 5.91 Å². The van der Waals surface area contributed by atoms with Crippen molar-refractivity contribution in [1.29, 1.82) is 0 Å². The van der Waals surface area contributed by atoms with Crippen LogP contribution in [0.5, 0.6) is 0 Å². The van der Waals surface area contributed by atoms with Crippen molar-refractivity contribution in [2.24, 2.45) is 0 Å². The predicted octanol–water partition coefficient (Wildman–Crippen LogP) is 4.22. The molecule has 0 aliphatic carbocycles. The summed E-state index contributed by atoms with van der Waals surface area (Å²) in [5.74, 6) is 0.725. The van der Waals surface area contributed by atoms with Crippen LogP contribution in [0.15, 0.2) is 24.3 Å². The molecule has 1 aromatic rings. The van der Waals surface area contributed by atoms with E-state index in [0.29, 0.717) is 5.92 Å². The van der Waals surface area contributed by atoms with Gasteiger partial charge in [0, 0.05) is 18.7 Å². The van der Waals surface area contributed by atoms with E-state index >= 15 is 0 Å². The molecule has 0 atom stereocenters. The van der Waals surface area contributed by atoms with Gasteiger partial charge in [-0.15, -0.1) is 0 Å². The molecule has 2 nitrogen and oxygen atoms in total. The van der Waals surface area contributed by atoms with Gasteiger partial charge in [-0.25, -0.2) is 0 Å². The normalized spacial score (nSPS) is 17.1. The first-order chi connectivity index (χ1) is 9.18. The van der Waals surface area contributed by atoms with Crippen LogP contribution in [0.25, 0.3) is 0 Å². The number of rotatable bonds is 2. The van der Waals surface area contributed by atoms with E-state index < -0.39 is 0 Å². The highest BCUT2D eigenvalue weighted by atomic mass is 16.2. The van der Waals surface area contributed by atoms with E-state index in [1.165, 1.54) is 24.8 Å². The predicted molar refractivity (Wildman–Crippen MR) is 79.5 cm³/mol. The molecule has 0 unspecified atom stereocenters. The molecule has 0 radical (unpaired) electrons. The van der Waals surface area contributed by atoms with Gasteiger partial charge < -0.3 is 4.90 Å². The Morgan fingerprint density at radius 1 is 0.947 bits per heavy atom. The van der Waals surface area contributed by atoms with Gasteiger partial charge in [0.15, 0.2) is 0 Å². The molecule has 19 heavy (non-hydrogen) atoms. The molecular formula is C17H25NO. The maximum Gasteiger partial charge on any atom is 0.253 e. The van der Waals surface area contributed by atoms with Crippen molar-refractivity contribution in [3.63, 3.8) is 0 Å². The van der Waals surface area contributed by atoms with E-state index in [1.54, 1.807) is 0 Å². The molecule has 1 fully saturated rings. The van der Waals surface area contributed by atoms with Crippen molar-refractivity contribution < 1.29 is 4.79 Å². The molecule has 0 bridgehead atoms. The second kappa shape index (κ2) is 6.74. The van der Waals surface area contributed by atoms with E-state index in [2.05, 4.69) is 26.0 Å². The van der Waals surface area contributed by atoms with Gasteiger partial charge in [0.1, 0.15) is 0 Å². The van der Waals surface area contributed by atoms with Crippen LogP contribution >= 0.6 is 0 Å². The first-order valence-corrected chi connectivity index (χ1v) is 7.57. The molecule has 1 aromatic carbocycles. The Bertz CT molecular complexity index is 400. The molecule has 1 heterocycles. The smallest absolute Gasteiger partial charge is 0.253 e. The summed E-state index contributed by atoms with van der Waals surface area (Å²) in [5.41, 5.74) is 2.13. The zero-order valence-electron chi connectivity index (χ0n) is 12.2. The number of carbonyl (C=O) groups excluding carboxylic acids is 1. The lowest BCUT2D eigenvalue weighted by atomic mass is 10.0. The Morgan fingerprint density at radius 2 is 1.47 bits per heavy atom. The quantitative estimate of drug-likeness (QED) is 0.779. The van der Waals surface area contributed by atoms with Crippen LogP contribution in [0.1, 0.15) is 67.8 Å². The number of carbonyl (C=O) groups is 1. The third-order valence-electron chi connectivity index (χ3n) is 3.97. The third kappa shape index (κ3) is 3.82. The molecule has 1 aliphatic rings. The first kappa shape index (κ1) is 14.1. The van der Waals surface area contributed by atoms with Gasteiger partial charge in [0.25, 0.3) is 5.91 Å². The van der Waals surface area contributed by atoms with Crippen LogP contribution in [-0.2, 0) is 0 Å². The summed E-state index contributed by atoms with van der Waals surface area (Å²) in [6.07, 6.45) is 6.14. The van der Waals surface area contributed by atoms with Crippen LogP contribution in [0.3, 0.4) is 0 Å². The number of amides is 1. The van der Waals surface area contributed by atoms with Gasteiger partial charge >= 0.3 is 0 Å². The lowest BCUT2D eigenvalue weighted by Gasteiger charge is -2.25. The average Bonchev–Trinajstić information content (AvgIpc) is 2.38. The van der Waals surface area contributed by atoms with E-state index in [1.807, 2.05) is 17.0 Å². The second-order valence-electron chi connectivity index (χ2n) is 5.84. The van der Waals surface area contributed by atoms with Crippen molar-refractivity contribution in [2.45, 2.75) is 51.9 Å². The molecular weight excluding hydrogens is 234 g/mol. The molecule has 0 aromatic heterocycles. The minimum absolute atomic E-state index is 0.206. The molecule has 0 spiro atoms. The van der Waals surface area contributed by atoms with Crippen LogP contribution in [-0.4, -0.2) is 23.9 Å². The molecule has 1 saturated heterocycles. The van der Waals surface area contributed by atoms with Crippen molar-refractivity contribution >= 4 is 5.91 Å². The number of nitrogens with zero attached hydrogens (tertiary/aromatic N) is 1. The van der Waals surface area contributed by atoms with Crippen molar-refractivity contribution in [3.8, 4) is 0 Å². The van der Waals surface area contributed by atoms with Gasteiger partial charge in [-0.3, -0.25) is 4.79 Å². The molecule has 0 saturated carbocycles. The summed E-state index contributed by atoms with van der Waals surface area (Å²) in [7, 11) is 0. The highest BCUT2D eigenvalue weighted by Crippen LogP contribution is 2.17. The fourth-order valence-electron chi connectivity index (χ4n) is 2.64. The second-order valence-corrected chi connectivity index (χ2v) is 5.84. The summed E-state index contributed by atoms with van der Waals surface area (Å²) in [6, 6.07) is 8.14. The number of likely N-dealkylation sites (tertiary alicyclic amines) is 1. The Balaban J connectivity index is 2.04. The Hall–Kier alpha value is -1.31. The van der Waals surface area contributed by atoms with Crippen LogP contribution in [0.4, 0.5) is 0 Å². The highest BCUT2D eigenvalue weighted by Gasteiger charge is 2.16. The lowest BCUT2D eigenvalue weighted by Crippen LogP contribution is -2.33. The molecule has 1 amide bonds. The molecule has 0 N–H and O–H groups in total. The van der Waals surface area contributed by atoms with Crippen molar-refractivity contribution in [3.05, 3.63) is 35.4 Å². The summed E-state index contributed by atoms with van der Waals surface area (Å²) in [6.45, 7) is 6.19. The van der Waals surface area contributed by atoms with Gasteiger partial charge in [0.2, 0.25) is 0 Å². The fourth-order valence-corrected chi connectivity index (χ4v) is 2.64. The highest BCUT2D eigenvalue weighted by molar-refractivity contribution is 5.94. The molecule has 2 rings (SSSR count). The van der Waals surface area contributed by atoms with Gasteiger partial charge in [-0.05, 0) is 36.5 Å². The minimum Gasteiger partial charge on any atom is -0.339 e. The molecule has 104 valence electrons. The maximum absolute atomic E-state index is 12.5. The zero-order chi connectivity index (χ0) is 13.7. The summed E-state index contributed by atoms with van der Waals surface area (Å²) in [4.78, 5) is 14.5. The van der Waals surface area contributed by atoms with Crippen molar-refractivity contribution in [2.75, 3.05) is 13.1 Å². The molecule has 2 heteroatoms. The average molecular weight is 259 g/mol. The van der Waals surface area contributed by atoms with Gasteiger partial charge in [-0.2, -0.15) is 0 Å². The Morgan fingerprint density at radius 3 is 2.00 bits per heavy atom. The van der Waals surface area contributed by atoms with Gasteiger partial charge in [-0.1, -0.05) is 45.2 Å². The van der Waals surface area contributed by atoms with Crippen LogP contribution in [0.2, 0.25) is 0 Å². The van der Waals surface area contributed by atoms with E-state index in [0.717, 1.165) is 31.5 Å². The number of hydrogen-bond acceptors (Lipinski definition) is 1. The van der Waals surface area contributed by atoms with Crippen LogP contribution in [0, 0.1) is 0 Å². The summed E-state index contributed by atoms with van der Waals surface area (Å²) in [5, 5.41) is 0. The zero-order valence-corrected chi connectivity index (χ0v) is 12.2. The Labute approximate surface area is 116 Å². The van der Waals surface area contributed by atoms with E-state index in [9.17, 15) is 4.79 Å². The van der Waals surface area contributed by atoms with Gasteiger partial charge in [0.05, 0.1) is 0 Å². The Kier molecular flexibility index (Phi) is 5.00. The third-order valence-corrected chi connectivity index (χ3v) is 3.97. The first-order valence-electron chi connectivity index (χ1n) is 7.57. The summed E-state index contributed by atoms with van der Waals surface area (Å²) >= 11 is 0. The number of benzene rings is 1. The van der Waals surface area contributed by atoms with Crippen molar-refractivity contribution in [1.82, 2.24) is 4.90 Å². The largest absolute Gasteiger partial charge is 0.339 e. The monoisotopic (exact) mass is 259 g/mol. The fraction of sp³-hybridized carbons (Fsp3) is 0.588. The summed E-state index contributed by atoms with van der Waals surface area (Å²) < 4.78 is 0. The SMILES string of the molecule is CC(C)c1ccc(C(=O)N2CCCCCCC2)cc1. The lowest BCUT2D eigenvalue weighted by molar-refractivity contribution is 0.0742. The molecule has 1 aliphatic heterocycles. The van der Waals surface area contributed by atoms with E-state index in [4.69, 9.17) is 0 Å². The topological polar surface area (TPSA) is 20.3 Å². The maximum atomic E-state index is 12.5. The van der Waals surface area contributed by atoms with Crippen LogP contribution < -0.4 is 0 Å². The standard InChI is InChI=1S/C17H25NO/c1-14(2)15-8-10-16(11-9-15)17(19)18-12-6-4-3-5-7-13-18/h8-11,14H,3-7,12-13H2,1-2H3.